The third-order valence-electron chi connectivity index (χ3n) is 3.82. The van der Waals surface area contributed by atoms with Gasteiger partial charge in [-0.3, -0.25) is 4.57 Å². The number of ether oxygens (including phenoxy) is 3. The van der Waals surface area contributed by atoms with Gasteiger partial charge in [0.1, 0.15) is 24.6 Å². The van der Waals surface area contributed by atoms with Gasteiger partial charge in [-0.05, 0) is 30.7 Å². The first kappa shape index (κ1) is 14.0. The Morgan fingerprint density at radius 2 is 2.00 bits per heavy atom. The Bertz CT molecular complexity index is 873. The predicted molar refractivity (Wildman–Crippen MR) is 85.3 cm³/mol. The fraction of sp³-hybridized carbons (Fsp3) is 0.294. The molecule has 4 rings (SSSR count). The van der Waals surface area contributed by atoms with Crippen molar-refractivity contribution in [2.75, 3.05) is 20.3 Å². The van der Waals surface area contributed by atoms with Gasteiger partial charge in [0.25, 0.3) is 0 Å². The molecule has 6 heteroatoms. The zero-order valence-corrected chi connectivity index (χ0v) is 13.1. The van der Waals surface area contributed by atoms with Crippen LogP contribution in [0.25, 0.3) is 16.9 Å². The van der Waals surface area contributed by atoms with Crippen LogP contribution in [0.2, 0.25) is 0 Å². The molecule has 23 heavy (non-hydrogen) atoms. The van der Waals surface area contributed by atoms with Crippen molar-refractivity contribution in [2.24, 2.45) is 0 Å². The number of pyridine rings is 1. The van der Waals surface area contributed by atoms with Crippen LogP contribution in [-0.2, 0) is 11.3 Å². The minimum Gasteiger partial charge on any atom is -0.486 e. The monoisotopic (exact) mass is 311 g/mol. The van der Waals surface area contributed by atoms with E-state index in [0.29, 0.717) is 19.8 Å². The van der Waals surface area contributed by atoms with Crippen LogP contribution in [0.15, 0.2) is 30.5 Å². The zero-order chi connectivity index (χ0) is 15.8. The molecular weight excluding hydrogens is 294 g/mol. The van der Waals surface area contributed by atoms with Crippen molar-refractivity contribution in [3.63, 3.8) is 0 Å². The van der Waals surface area contributed by atoms with Crippen LogP contribution < -0.4 is 9.47 Å². The SMILES string of the molecule is COCc1cnc2c(c1)nc(C)n2-c1ccc2c(c1)OCCO2. The van der Waals surface area contributed by atoms with Gasteiger partial charge in [-0.2, -0.15) is 0 Å². The van der Waals surface area contributed by atoms with Crippen molar-refractivity contribution in [3.8, 4) is 17.2 Å². The summed E-state index contributed by atoms with van der Waals surface area (Å²) in [5.41, 5.74) is 3.64. The van der Waals surface area contributed by atoms with E-state index >= 15 is 0 Å². The van der Waals surface area contributed by atoms with Crippen molar-refractivity contribution in [1.82, 2.24) is 14.5 Å². The molecule has 0 fully saturated rings. The topological polar surface area (TPSA) is 58.4 Å². The summed E-state index contributed by atoms with van der Waals surface area (Å²) in [6, 6.07) is 7.89. The Hall–Kier alpha value is -2.60. The third kappa shape index (κ3) is 2.41. The number of nitrogens with zero attached hydrogens (tertiary/aromatic N) is 3. The third-order valence-corrected chi connectivity index (χ3v) is 3.82. The van der Waals surface area contributed by atoms with Crippen LogP contribution in [0.3, 0.4) is 0 Å². The Morgan fingerprint density at radius 1 is 1.17 bits per heavy atom. The molecule has 0 saturated carbocycles. The molecular formula is C17H17N3O3. The number of aromatic nitrogens is 3. The number of methoxy groups -OCH3 is 1. The highest BCUT2D eigenvalue weighted by molar-refractivity contribution is 5.75. The second-order valence-corrected chi connectivity index (χ2v) is 5.44. The Balaban J connectivity index is 1.83. The van der Waals surface area contributed by atoms with Crippen molar-refractivity contribution in [3.05, 3.63) is 41.9 Å². The number of fused-ring (bicyclic) bond motifs is 2. The number of rotatable bonds is 3. The van der Waals surface area contributed by atoms with Crippen molar-refractivity contribution >= 4 is 11.2 Å². The molecule has 1 aliphatic heterocycles. The van der Waals surface area contributed by atoms with Gasteiger partial charge in [0.15, 0.2) is 17.1 Å². The molecule has 0 unspecified atom stereocenters. The van der Waals surface area contributed by atoms with Gasteiger partial charge in [0.2, 0.25) is 0 Å². The van der Waals surface area contributed by atoms with Crippen LogP contribution in [-0.4, -0.2) is 34.9 Å². The summed E-state index contributed by atoms with van der Waals surface area (Å²) in [4.78, 5) is 9.17. The molecule has 0 bridgehead atoms. The van der Waals surface area contributed by atoms with Crippen molar-refractivity contribution in [2.45, 2.75) is 13.5 Å². The van der Waals surface area contributed by atoms with E-state index in [1.807, 2.05) is 42.0 Å². The molecule has 3 aromatic rings. The van der Waals surface area contributed by atoms with Crippen molar-refractivity contribution < 1.29 is 14.2 Å². The first-order valence-electron chi connectivity index (χ1n) is 7.49. The second kappa shape index (κ2) is 5.55. The lowest BCUT2D eigenvalue weighted by atomic mass is 10.2. The first-order valence-corrected chi connectivity index (χ1v) is 7.49. The Morgan fingerprint density at radius 3 is 2.83 bits per heavy atom. The predicted octanol–water partition coefficient (Wildman–Crippen LogP) is 2.65. The van der Waals surface area contributed by atoms with Gasteiger partial charge in [0, 0.05) is 19.4 Å². The van der Waals surface area contributed by atoms with Crippen molar-refractivity contribution in [1.29, 1.82) is 0 Å². The van der Waals surface area contributed by atoms with Gasteiger partial charge >= 0.3 is 0 Å². The van der Waals surface area contributed by atoms with Gasteiger partial charge < -0.3 is 14.2 Å². The fourth-order valence-electron chi connectivity index (χ4n) is 2.85. The highest BCUT2D eigenvalue weighted by Gasteiger charge is 2.16. The van der Waals surface area contributed by atoms with E-state index in [-0.39, 0.29) is 0 Å². The van der Waals surface area contributed by atoms with Gasteiger partial charge in [-0.1, -0.05) is 0 Å². The summed E-state index contributed by atoms with van der Waals surface area (Å²) in [5.74, 6) is 2.40. The molecule has 0 saturated heterocycles. The van der Waals surface area contributed by atoms with Gasteiger partial charge in [0.05, 0.1) is 12.3 Å². The average Bonchev–Trinajstić information content (AvgIpc) is 2.90. The molecule has 6 nitrogen and oxygen atoms in total. The average molecular weight is 311 g/mol. The van der Waals surface area contributed by atoms with Crippen LogP contribution in [0, 0.1) is 6.92 Å². The van der Waals surface area contributed by atoms with Crippen LogP contribution in [0.5, 0.6) is 11.5 Å². The van der Waals surface area contributed by atoms with Crippen LogP contribution in [0.1, 0.15) is 11.4 Å². The molecule has 0 radical (unpaired) electrons. The molecule has 0 N–H and O–H groups in total. The number of benzene rings is 1. The molecule has 1 aromatic carbocycles. The number of aryl methyl sites for hydroxylation is 1. The summed E-state index contributed by atoms with van der Waals surface area (Å²) in [5, 5.41) is 0. The molecule has 118 valence electrons. The van der Waals surface area contributed by atoms with E-state index in [1.165, 1.54) is 0 Å². The largest absolute Gasteiger partial charge is 0.486 e. The summed E-state index contributed by atoms with van der Waals surface area (Å²) in [6.45, 7) is 3.65. The lowest BCUT2D eigenvalue weighted by Gasteiger charge is -2.19. The number of hydrogen-bond acceptors (Lipinski definition) is 5. The highest BCUT2D eigenvalue weighted by Crippen LogP contribution is 2.33. The maximum Gasteiger partial charge on any atom is 0.164 e. The zero-order valence-electron chi connectivity index (χ0n) is 13.1. The Labute approximate surface area is 133 Å². The van der Waals surface area contributed by atoms with E-state index in [0.717, 1.165) is 39.7 Å². The summed E-state index contributed by atoms with van der Waals surface area (Å²) < 4.78 is 18.4. The molecule has 0 atom stereocenters. The normalized spacial score (nSPS) is 13.5. The molecule has 2 aromatic heterocycles. The van der Waals surface area contributed by atoms with E-state index < -0.39 is 0 Å². The summed E-state index contributed by atoms with van der Waals surface area (Å²) in [7, 11) is 1.67. The van der Waals surface area contributed by atoms with Gasteiger partial charge in [-0.25, -0.2) is 9.97 Å². The van der Waals surface area contributed by atoms with E-state index in [2.05, 4.69) is 9.97 Å². The summed E-state index contributed by atoms with van der Waals surface area (Å²) >= 11 is 0. The highest BCUT2D eigenvalue weighted by atomic mass is 16.6. The molecule has 1 aliphatic rings. The minimum absolute atomic E-state index is 0.527. The minimum atomic E-state index is 0.527. The first-order chi connectivity index (χ1) is 11.3. The smallest absolute Gasteiger partial charge is 0.164 e. The lowest BCUT2D eigenvalue weighted by Crippen LogP contribution is -2.15. The van der Waals surface area contributed by atoms with E-state index in [9.17, 15) is 0 Å². The standard InChI is InChI=1S/C17H17N3O3/c1-11-19-14-7-12(10-21-2)9-18-17(14)20(11)13-3-4-15-16(8-13)23-6-5-22-15/h3-4,7-9H,5-6,10H2,1-2H3. The maximum absolute atomic E-state index is 5.67. The molecule has 3 heterocycles. The van der Waals surface area contributed by atoms with E-state index in [4.69, 9.17) is 14.2 Å². The quantitative estimate of drug-likeness (QED) is 0.744. The van der Waals surface area contributed by atoms with Crippen LogP contribution >= 0.6 is 0 Å². The Kier molecular flexibility index (Phi) is 3.38. The van der Waals surface area contributed by atoms with Gasteiger partial charge in [-0.15, -0.1) is 0 Å². The molecule has 0 amide bonds. The number of hydrogen-bond donors (Lipinski definition) is 0. The second-order valence-electron chi connectivity index (χ2n) is 5.44. The van der Waals surface area contributed by atoms with E-state index in [1.54, 1.807) is 7.11 Å². The lowest BCUT2D eigenvalue weighted by molar-refractivity contribution is 0.171. The number of imidazole rings is 1. The molecule has 0 aliphatic carbocycles. The summed E-state index contributed by atoms with van der Waals surface area (Å²) in [6.07, 6.45) is 1.82. The molecule has 0 spiro atoms. The van der Waals surface area contributed by atoms with Crippen LogP contribution in [0.4, 0.5) is 0 Å². The maximum atomic E-state index is 5.67. The fourth-order valence-corrected chi connectivity index (χ4v) is 2.85.